The fourth-order valence-electron chi connectivity index (χ4n) is 2.03. The van der Waals surface area contributed by atoms with Crippen LogP contribution >= 0.6 is 0 Å². The van der Waals surface area contributed by atoms with E-state index >= 15 is 0 Å². The van der Waals surface area contributed by atoms with Gasteiger partial charge in [-0.1, -0.05) is 6.92 Å². The smallest absolute Gasteiger partial charge is 0.338 e. The molecule has 0 aliphatic heterocycles. The Labute approximate surface area is 116 Å². The van der Waals surface area contributed by atoms with Crippen molar-refractivity contribution in [3.63, 3.8) is 0 Å². The van der Waals surface area contributed by atoms with Gasteiger partial charge in [-0.15, -0.1) is 0 Å². The van der Waals surface area contributed by atoms with Crippen molar-refractivity contribution in [2.24, 2.45) is 11.8 Å². The van der Waals surface area contributed by atoms with Crippen LogP contribution in [0.25, 0.3) is 0 Å². The van der Waals surface area contributed by atoms with Crippen LogP contribution in [0, 0.1) is 17.7 Å². The van der Waals surface area contributed by atoms with Gasteiger partial charge < -0.3 is 15.7 Å². The highest BCUT2D eigenvalue weighted by Crippen LogP contribution is 2.36. The average molecular weight is 280 g/mol. The number of hydrogen-bond donors (Lipinski definition) is 3. The number of carboxylic acid groups (broad SMARTS) is 1. The van der Waals surface area contributed by atoms with E-state index in [9.17, 15) is 14.0 Å². The first-order chi connectivity index (χ1) is 9.47. The van der Waals surface area contributed by atoms with E-state index in [1.165, 1.54) is 18.9 Å². The largest absolute Gasteiger partial charge is 0.478 e. The summed E-state index contributed by atoms with van der Waals surface area (Å²) >= 11 is 0. The van der Waals surface area contributed by atoms with Gasteiger partial charge in [-0.3, -0.25) is 0 Å². The normalized spacial score (nSPS) is 15.5. The molecule has 2 rings (SSSR count). The Bertz CT molecular complexity index is 529. The van der Waals surface area contributed by atoms with Crippen LogP contribution in [0.1, 0.15) is 30.1 Å². The number of carbonyl (C=O) groups excluding carboxylic acids is 1. The van der Waals surface area contributed by atoms with Gasteiger partial charge in [0, 0.05) is 12.2 Å². The molecule has 1 aromatic rings. The third kappa shape index (κ3) is 3.69. The third-order valence-electron chi connectivity index (χ3n) is 3.47. The Morgan fingerprint density at radius 3 is 2.75 bits per heavy atom. The Kier molecular flexibility index (Phi) is 4.22. The predicted molar refractivity (Wildman–Crippen MR) is 72.3 cm³/mol. The number of carbonyl (C=O) groups is 2. The minimum atomic E-state index is -1.37. The van der Waals surface area contributed by atoms with E-state index in [2.05, 4.69) is 17.6 Å². The molecule has 1 unspecified atom stereocenters. The van der Waals surface area contributed by atoms with E-state index in [1.54, 1.807) is 0 Å². The molecule has 2 amide bonds. The van der Waals surface area contributed by atoms with Crippen molar-refractivity contribution < 1.29 is 19.1 Å². The molecule has 6 heteroatoms. The SMILES string of the molecule is CC(CNC(=O)Nc1ccc(F)c(C(=O)O)c1)C1CC1. The number of carboxylic acids is 1. The molecular weight excluding hydrogens is 263 g/mol. The first-order valence-corrected chi connectivity index (χ1v) is 6.55. The van der Waals surface area contributed by atoms with Crippen LogP contribution in [0.4, 0.5) is 14.9 Å². The molecule has 5 nitrogen and oxygen atoms in total. The lowest BCUT2D eigenvalue weighted by Crippen LogP contribution is -2.32. The molecule has 1 saturated carbocycles. The molecule has 1 aliphatic carbocycles. The van der Waals surface area contributed by atoms with E-state index in [0.717, 1.165) is 12.1 Å². The van der Waals surface area contributed by atoms with Gasteiger partial charge in [-0.2, -0.15) is 0 Å². The second-order valence-corrected chi connectivity index (χ2v) is 5.15. The maximum Gasteiger partial charge on any atom is 0.338 e. The lowest BCUT2D eigenvalue weighted by Gasteiger charge is -2.12. The highest BCUT2D eigenvalue weighted by Gasteiger charge is 2.27. The summed E-state index contributed by atoms with van der Waals surface area (Å²) in [5.41, 5.74) is -0.213. The quantitative estimate of drug-likeness (QED) is 0.776. The molecule has 0 heterocycles. The van der Waals surface area contributed by atoms with Crippen LogP contribution in [-0.2, 0) is 0 Å². The van der Waals surface area contributed by atoms with Crippen molar-refractivity contribution in [1.82, 2.24) is 5.32 Å². The Morgan fingerprint density at radius 2 is 2.15 bits per heavy atom. The first kappa shape index (κ1) is 14.3. The van der Waals surface area contributed by atoms with Gasteiger partial charge in [-0.25, -0.2) is 14.0 Å². The van der Waals surface area contributed by atoms with Gasteiger partial charge in [0.05, 0.1) is 5.56 Å². The minimum Gasteiger partial charge on any atom is -0.478 e. The van der Waals surface area contributed by atoms with Crippen molar-refractivity contribution in [1.29, 1.82) is 0 Å². The summed E-state index contributed by atoms with van der Waals surface area (Å²) < 4.78 is 13.2. The van der Waals surface area contributed by atoms with Crippen LogP contribution in [0.5, 0.6) is 0 Å². The molecular formula is C14H17FN2O3. The molecule has 0 aromatic heterocycles. The number of aromatic carboxylic acids is 1. The summed E-state index contributed by atoms with van der Waals surface area (Å²) in [6.07, 6.45) is 2.43. The van der Waals surface area contributed by atoms with Crippen LogP contribution in [0.15, 0.2) is 18.2 Å². The summed E-state index contributed by atoms with van der Waals surface area (Å²) in [5.74, 6) is -1.07. The first-order valence-electron chi connectivity index (χ1n) is 6.55. The van der Waals surface area contributed by atoms with Gasteiger partial charge in [-0.05, 0) is 42.9 Å². The lowest BCUT2D eigenvalue weighted by molar-refractivity contribution is 0.0692. The van der Waals surface area contributed by atoms with Gasteiger partial charge in [0.1, 0.15) is 5.82 Å². The maximum atomic E-state index is 13.2. The number of amides is 2. The van der Waals surface area contributed by atoms with Crippen molar-refractivity contribution in [3.8, 4) is 0 Å². The molecule has 1 fully saturated rings. The molecule has 0 radical (unpaired) electrons. The van der Waals surface area contributed by atoms with E-state index in [0.29, 0.717) is 18.4 Å². The number of nitrogens with one attached hydrogen (secondary N) is 2. The Balaban J connectivity index is 1.90. The Morgan fingerprint density at radius 1 is 1.45 bits per heavy atom. The monoisotopic (exact) mass is 280 g/mol. The van der Waals surface area contributed by atoms with Crippen LogP contribution in [0.3, 0.4) is 0 Å². The fourth-order valence-corrected chi connectivity index (χ4v) is 2.03. The number of hydrogen-bond acceptors (Lipinski definition) is 2. The highest BCUT2D eigenvalue weighted by atomic mass is 19.1. The van der Waals surface area contributed by atoms with Crippen molar-refractivity contribution in [2.45, 2.75) is 19.8 Å². The van der Waals surface area contributed by atoms with Crippen molar-refractivity contribution >= 4 is 17.7 Å². The second-order valence-electron chi connectivity index (χ2n) is 5.15. The Hall–Kier alpha value is -2.11. The zero-order chi connectivity index (χ0) is 14.7. The summed E-state index contributed by atoms with van der Waals surface area (Å²) in [6, 6.07) is 3.03. The summed E-state index contributed by atoms with van der Waals surface area (Å²) in [6.45, 7) is 2.65. The summed E-state index contributed by atoms with van der Waals surface area (Å²) in [4.78, 5) is 22.5. The number of anilines is 1. The number of urea groups is 1. The molecule has 0 saturated heterocycles. The highest BCUT2D eigenvalue weighted by molar-refractivity contribution is 5.93. The lowest BCUT2D eigenvalue weighted by atomic mass is 10.1. The maximum absolute atomic E-state index is 13.2. The van der Waals surface area contributed by atoms with Crippen LogP contribution in [0.2, 0.25) is 0 Å². The third-order valence-corrected chi connectivity index (χ3v) is 3.47. The second kappa shape index (κ2) is 5.90. The van der Waals surface area contributed by atoms with Crippen LogP contribution < -0.4 is 10.6 Å². The summed E-state index contributed by atoms with van der Waals surface area (Å²) in [7, 11) is 0. The predicted octanol–water partition coefficient (Wildman–Crippen LogP) is 2.69. The van der Waals surface area contributed by atoms with Gasteiger partial charge in [0.2, 0.25) is 0 Å². The van der Waals surface area contributed by atoms with E-state index < -0.39 is 23.4 Å². The molecule has 1 aliphatic rings. The summed E-state index contributed by atoms with van der Waals surface area (Å²) in [5, 5.41) is 14.0. The zero-order valence-electron chi connectivity index (χ0n) is 11.1. The van der Waals surface area contributed by atoms with Gasteiger partial charge in [0.25, 0.3) is 0 Å². The molecule has 0 bridgehead atoms. The topological polar surface area (TPSA) is 78.4 Å². The molecule has 20 heavy (non-hydrogen) atoms. The van der Waals surface area contributed by atoms with Gasteiger partial charge in [0.15, 0.2) is 0 Å². The zero-order valence-corrected chi connectivity index (χ0v) is 11.1. The van der Waals surface area contributed by atoms with Crippen LogP contribution in [-0.4, -0.2) is 23.7 Å². The van der Waals surface area contributed by atoms with Crippen molar-refractivity contribution in [2.75, 3.05) is 11.9 Å². The minimum absolute atomic E-state index is 0.250. The molecule has 1 atom stereocenters. The number of benzene rings is 1. The standard InChI is InChI=1S/C14H17FN2O3/c1-8(9-2-3-9)7-16-14(20)17-10-4-5-12(15)11(6-10)13(18)19/h4-6,8-9H,2-3,7H2,1H3,(H,18,19)(H2,16,17,20). The number of rotatable bonds is 5. The molecule has 108 valence electrons. The molecule has 3 N–H and O–H groups in total. The van der Waals surface area contributed by atoms with E-state index in [1.807, 2.05) is 0 Å². The molecule has 1 aromatic carbocycles. The van der Waals surface area contributed by atoms with Gasteiger partial charge >= 0.3 is 12.0 Å². The van der Waals surface area contributed by atoms with E-state index in [4.69, 9.17) is 5.11 Å². The average Bonchev–Trinajstić information content (AvgIpc) is 3.22. The fraction of sp³-hybridized carbons (Fsp3) is 0.429. The number of halogens is 1. The molecule has 0 spiro atoms. The van der Waals surface area contributed by atoms with Crippen molar-refractivity contribution in [3.05, 3.63) is 29.6 Å². The van der Waals surface area contributed by atoms with E-state index in [-0.39, 0.29) is 5.69 Å².